The lowest BCUT2D eigenvalue weighted by Gasteiger charge is -2.32. The molecule has 3 aromatic carbocycles. The summed E-state index contributed by atoms with van der Waals surface area (Å²) in [5.41, 5.74) is 3.13. The first-order chi connectivity index (χ1) is 17.5. The van der Waals surface area contributed by atoms with Crippen molar-refractivity contribution in [2.45, 2.75) is 57.7 Å². The van der Waals surface area contributed by atoms with Crippen LogP contribution in [0.25, 0.3) is 0 Å². The number of benzene rings is 3. The van der Waals surface area contributed by atoms with Crippen LogP contribution in [0.5, 0.6) is 5.75 Å². The maximum Gasteiger partial charge on any atom is 0.261 e. The van der Waals surface area contributed by atoms with Gasteiger partial charge in [-0.2, -0.15) is 0 Å². The molecule has 6 heteroatoms. The molecule has 1 saturated carbocycles. The van der Waals surface area contributed by atoms with E-state index in [1.54, 1.807) is 4.90 Å². The number of hydrogen-bond donors (Lipinski definition) is 1. The van der Waals surface area contributed by atoms with Crippen LogP contribution in [-0.2, 0) is 22.6 Å². The molecule has 0 saturated heterocycles. The molecule has 0 aromatic heterocycles. The topological polar surface area (TPSA) is 58.6 Å². The molecule has 0 unspecified atom stereocenters. The normalized spacial score (nSPS) is 14.3. The number of rotatable bonds is 10. The minimum atomic E-state index is -0.638. The van der Waals surface area contributed by atoms with Crippen LogP contribution in [0.15, 0.2) is 78.9 Å². The van der Waals surface area contributed by atoms with E-state index in [9.17, 15) is 9.59 Å². The highest BCUT2D eigenvalue weighted by molar-refractivity contribution is 14.1. The van der Waals surface area contributed by atoms with E-state index in [0.717, 1.165) is 45.9 Å². The Hall–Kier alpha value is -2.87. The summed E-state index contributed by atoms with van der Waals surface area (Å²) >= 11 is 2.24. The number of carbonyl (C=O) groups excluding carboxylic acids is 2. The Balaban J connectivity index is 1.61. The quantitative estimate of drug-likeness (QED) is 0.307. The van der Waals surface area contributed by atoms with Crippen LogP contribution in [0.1, 0.15) is 42.4 Å². The molecule has 0 spiro atoms. The molecule has 0 heterocycles. The van der Waals surface area contributed by atoms with E-state index in [0.29, 0.717) is 18.7 Å². The lowest BCUT2D eigenvalue weighted by atomic mass is 10.0. The predicted octanol–water partition coefficient (Wildman–Crippen LogP) is 5.68. The van der Waals surface area contributed by atoms with Crippen LogP contribution in [0.3, 0.4) is 0 Å². The molecule has 5 nitrogen and oxygen atoms in total. The van der Waals surface area contributed by atoms with Gasteiger partial charge in [0.05, 0.1) is 0 Å². The molecular weight excluding hydrogens is 563 g/mol. The summed E-state index contributed by atoms with van der Waals surface area (Å²) < 4.78 is 6.96. The second kappa shape index (κ2) is 12.9. The van der Waals surface area contributed by atoms with E-state index in [2.05, 4.69) is 27.9 Å². The van der Waals surface area contributed by atoms with Crippen LogP contribution >= 0.6 is 22.6 Å². The van der Waals surface area contributed by atoms with E-state index in [-0.39, 0.29) is 24.5 Å². The van der Waals surface area contributed by atoms with Gasteiger partial charge in [-0.25, -0.2) is 0 Å². The molecule has 4 rings (SSSR count). The molecule has 1 fully saturated rings. The molecule has 0 bridgehead atoms. The standard InChI is InChI=1S/C30H33IN2O3/c1-22-9-5-6-12-24(22)20-33(29(34)21-36-27-17-15-25(31)16-18-27)28(19-23-10-3-2-4-11-23)30(35)32-26-13-7-8-14-26/h2-6,9-12,15-18,26,28H,7-8,13-14,19-21H2,1H3,(H,32,35)/t28-/m1/s1. The third kappa shape index (κ3) is 7.32. The Labute approximate surface area is 227 Å². The zero-order valence-corrected chi connectivity index (χ0v) is 22.8. The van der Waals surface area contributed by atoms with Gasteiger partial charge in [-0.3, -0.25) is 9.59 Å². The first-order valence-electron chi connectivity index (χ1n) is 12.6. The third-order valence-corrected chi connectivity index (χ3v) is 7.47. The molecule has 0 aliphatic heterocycles. The van der Waals surface area contributed by atoms with Crippen LogP contribution in [0.2, 0.25) is 0 Å². The molecule has 0 radical (unpaired) electrons. The van der Waals surface area contributed by atoms with Crippen LogP contribution in [0, 0.1) is 10.5 Å². The zero-order valence-electron chi connectivity index (χ0n) is 20.7. The van der Waals surface area contributed by atoms with Gasteiger partial charge in [-0.05, 0) is 83.3 Å². The summed E-state index contributed by atoms with van der Waals surface area (Å²) in [6.07, 6.45) is 4.69. The van der Waals surface area contributed by atoms with Crippen molar-refractivity contribution in [3.63, 3.8) is 0 Å². The Bertz CT molecular complexity index is 1140. The number of nitrogens with one attached hydrogen (secondary N) is 1. The van der Waals surface area contributed by atoms with Crippen molar-refractivity contribution in [3.8, 4) is 5.75 Å². The Morgan fingerprint density at radius 2 is 1.64 bits per heavy atom. The molecule has 2 amide bonds. The number of hydrogen-bond acceptors (Lipinski definition) is 3. The van der Waals surface area contributed by atoms with E-state index in [4.69, 9.17) is 4.74 Å². The molecule has 188 valence electrons. The first-order valence-corrected chi connectivity index (χ1v) is 13.6. The summed E-state index contributed by atoms with van der Waals surface area (Å²) in [4.78, 5) is 29.1. The molecule has 1 aliphatic carbocycles. The van der Waals surface area contributed by atoms with Crippen molar-refractivity contribution in [1.29, 1.82) is 0 Å². The SMILES string of the molecule is Cc1ccccc1CN(C(=O)COc1ccc(I)cc1)[C@H](Cc1ccccc1)C(=O)NC1CCCC1. The molecule has 1 atom stereocenters. The maximum atomic E-state index is 13.7. The Morgan fingerprint density at radius 3 is 2.33 bits per heavy atom. The van der Waals surface area contributed by atoms with Crippen LogP contribution in [0.4, 0.5) is 0 Å². The van der Waals surface area contributed by atoms with Crippen LogP contribution < -0.4 is 10.1 Å². The second-order valence-electron chi connectivity index (χ2n) is 9.39. The number of halogens is 1. The van der Waals surface area contributed by atoms with Crippen molar-refractivity contribution in [2.24, 2.45) is 0 Å². The largest absolute Gasteiger partial charge is 0.484 e. The van der Waals surface area contributed by atoms with E-state index in [1.165, 1.54) is 0 Å². The van der Waals surface area contributed by atoms with E-state index >= 15 is 0 Å². The van der Waals surface area contributed by atoms with Gasteiger partial charge in [0.25, 0.3) is 5.91 Å². The fourth-order valence-electron chi connectivity index (χ4n) is 4.65. The second-order valence-corrected chi connectivity index (χ2v) is 10.6. The number of amides is 2. The Kier molecular flexibility index (Phi) is 9.39. The molecule has 1 N–H and O–H groups in total. The van der Waals surface area contributed by atoms with Crippen molar-refractivity contribution in [2.75, 3.05) is 6.61 Å². The van der Waals surface area contributed by atoms with Crippen LogP contribution in [-0.4, -0.2) is 35.4 Å². The average molecular weight is 597 g/mol. The number of ether oxygens (including phenoxy) is 1. The number of carbonyl (C=O) groups is 2. The maximum absolute atomic E-state index is 13.7. The monoisotopic (exact) mass is 596 g/mol. The van der Waals surface area contributed by atoms with Crippen molar-refractivity contribution >= 4 is 34.4 Å². The van der Waals surface area contributed by atoms with Gasteiger partial charge in [-0.15, -0.1) is 0 Å². The molecule has 36 heavy (non-hydrogen) atoms. The van der Waals surface area contributed by atoms with Gasteiger partial charge in [-0.1, -0.05) is 67.4 Å². The Morgan fingerprint density at radius 1 is 0.972 bits per heavy atom. The summed E-state index contributed by atoms with van der Waals surface area (Å²) in [5, 5.41) is 3.24. The molecule has 1 aliphatic rings. The summed E-state index contributed by atoms with van der Waals surface area (Å²) in [5.74, 6) is 0.330. The van der Waals surface area contributed by atoms with Crippen molar-refractivity contribution in [1.82, 2.24) is 10.2 Å². The predicted molar refractivity (Wildman–Crippen MR) is 151 cm³/mol. The van der Waals surface area contributed by atoms with Gasteiger partial charge >= 0.3 is 0 Å². The smallest absolute Gasteiger partial charge is 0.261 e. The van der Waals surface area contributed by atoms with Gasteiger partial charge in [0.1, 0.15) is 11.8 Å². The minimum absolute atomic E-state index is 0.0954. The van der Waals surface area contributed by atoms with Crippen molar-refractivity contribution < 1.29 is 14.3 Å². The summed E-state index contributed by atoms with van der Waals surface area (Å²) in [7, 11) is 0. The summed E-state index contributed by atoms with van der Waals surface area (Å²) in [6.45, 7) is 2.25. The van der Waals surface area contributed by atoms with E-state index < -0.39 is 6.04 Å². The fraction of sp³-hybridized carbons (Fsp3) is 0.333. The lowest BCUT2D eigenvalue weighted by molar-refractivity contribution is -0.143. The highest BCUT2D eigenvalue weighted by atomic mass is 127. The van der Waals surface area contributed by atoms with Gasteiger partial charge in [0, 0.05) is 22.6 Å². The fourth-order valence-corrected chi connectivity index (χ4v) is 5.01. The minimum Gasteiger partial charge on any atom is -0.484 e. The number of nitrogens with zero attached hydrogens (tertiary/aromatic N) is 1. The highest BCUT2D eigenvalue weighted by Gasteiger charge is 2.32. The average Bonchev–Trinajstić information content (AvgIpc) is 3.40. The summed E-state index contributed by atoms with van der Waals surface area (Å²) in [6, 6.07) is 25.1. The molecule has 3 aromatic rings. The lowest BCUT2D eigenvalue weighted by Crippen LogP contribution is -2.53. The first kappa shape index (κ1) is 26.2. The third-order valence-electron chi connectivity index (χ3n) is 6.75. The van der Waals surface area contributed by atoms with Crippen molar-refractivity contribution in [3.05, 3.63) is 99.1 Å². The zero-order chi connectivity index (χ0) is 25.3. The van der Waals surface area contributed by atoms with Gasteiger partial charge in [0.15, 0.2) is 6.61 Å². The number of aryl methyl sites for hydroxylation is 1. The highest BCUT2D eigenvalue weighted by Crippen LogP contribution is 2.21. The molecular formula is C30H33IN2O3. The van der Waals surface area contributed by atoms with E-state index in [1.807, 2.05) is 85.8 Å². The van der Waals surface area contributed by atoms with Gasteiger partial charge in [0.2, 0.25) is 5.91 Å². The van der Waals surface area contributed by atoms with Gasteiger partial charge < -0.3 is 15.0 Å².